The van der Waals surface area contributed by atoms with Crippen LogP contribution in [-0.4, -0.2) is 19.0 Å². The fourth-order valence-electron chi connectivity index (χ4n) is 3.11. The summed E-state index contributed by atoms with van der Waals surface area (Å²) < 4.78 is 23.7. The van der Waals surface area contributed by atoms with E-state index in [2.05, 4.69) is 5.32 Å². The molecule has 166 valence electrons. The second-order valence-electron chi connectivity index (χ2n) is 7.20. The number of carbonyl (C=O) groups is 2. The highest BCUT2D eigenvalue weighted by atomic mass is 19.1. The van der Waals surface area contributed by atoms with E-state index in [4.69, 9.17) is 9.47 Å². The monoisotopic (exact) mass is 444 g/mol. The van der Waals surface area contributed by atoms with Crippen molar-refractivity contribution in [3.8, 4) is 17.6 Å². The Morgan fingerprint density at radius 3 is 2.27 bits per heavy atom. The number of aryl methyl sites for hydroxylation is 2. The van der Waals surface area contributed by atoms with E-state index in [9.17, 15) is 19.2 Å². The highest BCUT2D eigenvalue weighted by molar-refractivity contribution is 6.10. The van der Waals surface area contributed by atoms with Crippen LogP contribution in [0.25, 0.3) is 6.08 Å². The number of ether oxygens (including phenoxy) is 2. The smallest absolute Gasteiger partial charge is 0.343 e. The van der Waals surface area contributed by atoms with Crippen LogP contribution in [-0.2, 0) is 4.79 Å². The Morgan fingerprint density at radius 2 is 1.67 bits per heavy atom. The van der Waals surface area contributed by atoms with E-state index in [1.165, 1.54) is 37.5 Å². The minimum atomic E-state index is -0.678. The maximum atomic E-state index is 13.1. The summed E-state index contributed by atoms with van der Waals surface area (Å²) in [4.78, 5) is 25.0. The van der Waals surface area contributed by atoms with Gasteiger partial charge in [-0.3, -0.25) is 4.79 Å². The van der Waals surface area contributed by atoms with Gasteiger partial charge < -0.3 is 14.8 Å². The van der Waals surface area contributed by atoms with E-state index in [1.54, 1.807) is 6.07 Å². The van der Waals surface area contributed by atoms with Crippen molar-refractivity contribution in [3.05, 3.63) is 94.3 Å². The standard InChI is InChI=1S/C26H21FN2O4/c1-16-5-4-6-17(2)24(16)29-25(30)20(15-28)13-18-7-12-22(23(14-18)32-3)33-26(31)19-8-10-21(27)11-9-19/h4-14H,1-3H3,(H,29,30)/b20-13+. The molecule has 1 N–H and O–H groups in total. The molecule has 0 atom stereocenters. The van der Waals surface area contributed by atoms with Crippen molar-refractivity contribution < 1.29 is 23.5 Å². The van der Waals surface area contributed by atoms with Crippen LogP contribution >= 0.6 is 0 Å². The first-order valence-corrected chi connectivity index (χ1v) is 9.97. The van der Waals surface area contributed by atoms with Crippen molar-refractivity contribution in [1.29, 1.82) is 5.26 Å². The second kappa shape index (κ2) is 10.2. The van der Waals surface area contributed by atoms with Gasteiger partial charge in [0.15, 0.2) is 11.5 Å². The average Bonchev–Trinajstić information content (AvgIpc) is 2.81. The lowest BCUT2D eigenvalue weighted by Crippen LogP contribution is -2.15. The fourth-order valence-corrected chi connectivity index (χ4v) is 3.11. The molecule has 0 spiro atoms. The number of halogens is 1. The molecule has 7 heteroatoms. The topological polar surface area (TPSA) is 88.4 Å². The van der Waals surface area contributed by atoms with Gasteiger partial charge in [-0.25, -0.2) is 9.18 Å². The molecule has 3 rings (SSSR count). The number of esters is 1. The molecule has 33 heavy (non-hydrogen) atoms. The van der Waals surface area contributed by atoms with Gasteiger partial charge in [-0.15, -0.1) is 0 Å². The second-order valence-corrected chi connectivity index (χ2v) is 7.20. The molecular formula is C26H21FN2O4. The molecule has 0 aliphatic rings. The maximum Gasteiger partial charge on any atom is 0.343 e. The van der Waals surface area contributed by atoms with Gasteiger partial charge in [0.2, 0.25) is 0 Å². The number of anilines is 1. The van der Waals surface area contributed by atoms with Crippen LogP contribution in [0.4, 0.5) is 10.1 Å². The first-order valence-electron chi connectivity index (χ1n) is 9.97. The summed E-state index contributed by atoms with van der Waals surface area (Å²) in [6.07, 6.45) is 1.41. The van der Waals surface area contributed by atoms with Crippen LogP contribution in [0.1, 0.15) is 27.0 Å². The van der Waals surface area contributed by atoms with Crippen LogP contribution in [0.2, 0.25) is 0 Å². The lowest BCUT2D eigenvalue weighted by Gasteiger charge is -2.12. The van der Waals surface area contributed by atoms with E-state index in [1.807, 2.05) is 38.1 Å². The number of carbonyl (C=O) groups excluding carboxylic acids is 2. The molecule has 3 aromatic rings. The first kappa shape index (κ1) is 23.2. The lowest BCUT2D eigenvalue weighted by atomic mass is 10.1. The van der Waals surface area contributed by atoms with Crippen molar-refractivity contribution in [2.45, 2.75) is 13.8 Å². The Morgan fingerprint density at radius 1 is 1.00 bits per heavy atom. The number of amides is 1. The van der Waals surface area contributed by atoms with Crippen molar-refractivity contribution in [1.82, 2.24) is 0 Å². The molecule has 0 aromatic heterocycles. The van der Waals surface area contributed by atoms with Gasteiger partial charge in [0, 0.05) is 5.69 Å². The molecule has 0 fully saturated rings. The molecule has 0 heterocycles. The van der Waals surface area contributed by atoms with Gasteiger partial charge >= 0.3 is 5.97 Å². The number of hydrogen-bond donors (Lipinski definition) is 1. The Labute approximate surface area is 190 Å². The molecule has 6 nitrogen and oxygen atoms in total. The van der Waals surface area contributed by atoms with Gasteiger partial charge in [0.05, 0.1) is 12.7 Å². The maximum absolute atomic E-state index is 13.1. The summed E-state index contributed by atoms with van der Waals surface area (Å²) in [5.74, 6) is -1.31. The molecule has 0 aliphatic heterocycles. The molecule has 0 unspecified atom stereocenters. The van der Waals surface area contributed by atoms with Crippen LogP contribution in [0.3, 0.4) is 0 Å². The number of hydrogen-bond acceptors (Lipinski definition) is 5. The van der Waals surface area contributed by atoms with Crippen LogP contribution in [0.5, 0.6) is 11.5 Å². The summed E-state index contributed by atoms with van der Waals surface area (Å²) in [7, 11) is 1.40. The highest BCUT2D eigenvalue weighted by Crippen LogP contribution is 2.30. The molecular weight excluding hydrogens is 423 g/mol. The number of nitrogens with one attached hydrogen (secondary N) is 1. The SMILES string of the molecule is COc1cc(/C=C(\C#N)C(=O)Nc2c(C)cccc2C)ccc1OC(=O)c1ccc(F)cc1. The molecule has 0 saturated heterocycles. The zero-order valence-corrected chi connectivity index (χ0v) is 18.3. The van der Waals surface area contributed by atoms with Gasteiger partial charge in [-0.2, -0.15) is 5.26 Å². The summed E-state index contributed by atoms with van der Waals surface area (Å²) >= 11 is 0. The van der Waals surface area contributed by atoms with Gasteiger partial charge in [0.1, 0.15) is 17.5 Å². The first-order chi connectivity index (χ1) is 15.8. The normalized spacial score (nSPS) is 10.8. The van der Waals surface area contributed by atoms with Gasteiger partial charge in [0.25, 0.3) is 5.91 Å². The van der Waals surface area contributed by atoms with Crippen molar-refractivity contribution in [2.75, 3.05) is 12.4 Å². The zero-order chi connectivity index (χ0) is 24.0. The number of benzene rings is 3. The van der Waals surface area contributed by atoms with Gasteiger partial charge in [-0.05, 0) is 73.0 Å². The quantitative estimate of drug-likeness (QED) is 0.244. The van der Waals surface area contributed by atoms with Crippen LogP contribution in [0.15, 0.2) is 66.2 Å². The predicted molar refractivity (Wildman–Crippen MR) is 122 cm³/mol. The third-order valence-electron chi connectivity index (χ3n) is 4.87. The third kappa shape index (κ3) is 5.63. The Kier molecular flexibility index (Phi) is 7.21. The summed E-state index contributed by atoms with van der Waals surface area (Å²) in [5.41, 5.74) is 3.00. The molecule has 0 saturated carbocycles. The summed E-state index contributed by atoms with van der Waals surface area (Å²) in [6.45, 7) is 3.74. The minimum Gasteiger partial charge on any atom is -0.493 e. The van der Waals surface area contributed by atoms with Crippen LogP contribution in [0, 0.1) is 31.0 Å². The Hall–Kier alpha value is -4.44. The van der Waals surface area contributed by atoms with E-state index in [-0.39, 0.29) is 22.6 Å². The Bertz CT molecular complexity index is 1250. The number of nitrogens with zero attached hydrogens (tertiary/aromatic N) is 1. The Balaban J connectivity index is 1.82. The molecule has 0 bridgehead atoms. The van der Waals surface area contributed by atoms with E-state index >= 15 is 0 Å². The van der Waals surface area contributed by atoms with E-state index < -0.39 is 17.7 Å². The third-order valence-corrected chi connectivity index (χ3v) is 4.87. The minimum absolute atomic E-state index is 0.101. The lowest BCUT2D eigenvalue weighted by molar-refractivity contribution is -0.112. The molecule has 0 aliphatic carbocycles. The van der Waals surface area contributed by atoms with Crippen molar-refractivity contribution in [3.63, 3.8) is 0 Å². The highest BCUT2D eigenvalue weighted by Gasteiger charge is 2.15. The average molecular weight is 444 g/mol. The summed E-state index contributed by atoms with van der Waals surface area (Å²) in [5, 5.41) is 12.3. The number of para-hydroxylation sites is 1. The molecule has 0 radical (unpaired) electrons. The number of nitriles is 1. The fraction of sp³-hybridized carbons (Fsp3) is 0.115. The summed E-state index contributed by atoms with van der Waals surface area (Å²) in [6, 6.07) is 17.1. The molecule has 1 amide bonds. The zero-order valence-electron chi connectivity index (χ0n) is 18.3. The van der Waals surface area contributed by atoms with Gasteiger partial charge in [-0.1, -0.05) is 24.3 Å². The van der Waals surface area contributed by atoms with E-state index in [0.29, 0.717) is 11.3 Å². The largest absolute Gasteiger partial charge is 0.493 e. The number of methoxy groups -OCH3 is 1. The van der Waals surface area contributed by atoms with Crippen molar-refractivity contribution in [2.24, 2.45) is 0 Å². The molecule has 3 aromatic carbocycles. The number of rotatable bonds is 6. The van der Waals surface area contributed by atoms with Crippen molar-refractivity contribution >= 4 is 23.6 Å². The van der Waals surface area contributed by atoms with E-state index in [0.717, 1.165) is 23.3 Å². The van der Waals surface area contributed by atoms with Crippen LogP contribution < -0.4 is 14.8 Å². The predicted octanol–water partition coefficient (Wildman–Crippen LogP) is 5.22.